The van der Waals surface area contributed by atoms with E-state index in [1.54, 1.807) is 16.8 Å². The number of aryl methyl sites for hydroxylation is 2. The SMILES string of the molecule is CC(=O)N(CC(=O)N(C)Cc1ccccc1)c1c(C)cccc1C. The van der Waals surface area contributed by atoms with E-state index in [0.717, 1.165) is 22.4 Å². The third kappa shape index (κ3) is 4.22. The minimum atomic E-state index is -0.131. The van der Waals surface area contributed by atoms with Crippen molar-refractivity contribution in [1.82, 2.24) is 4.90 Å². The third-order valence-corrected chi connectivity index (χ3v) is 4.07. The maximum atomic E-state index is 12.6. The highest BCUT2D eigenvalue weighted by atomic mass is 16.2. The molecule has 0 aromatic heterocycles. The molecule has 2 amide bonds. The number of hydrogen-bond acceptors (Lipinski definition) is 2. The summed E-state index contributed by atoms with van der Waals surface area (Å²) < 4.78 is 0. The van der Waals surface area contributed by atoms with Crippen LogP contribution in [-0.4, -0.2) is 30.3 Å². The molecule has 0 unspecified atom stereocenters. The summed E-state index contributed by atoms with van der Waals surface area (Å²) in [6, 6.07) is 15.7. The molecular weight excluding hydrogens is 300 g/mol. The summed E-state index contributed by atoms with van der Waals surface area (Å²) in [5.74, 6) is -0.217. The predicted molar refractivity (Wildman–Crippen MR) is 96.9 cm³/mol. The second-order valence-corrected chi connectivity index (χ2v) is 6.08. The van der Waals surface area contributed by atoms with E-state index in [9.17, 15) is 9.59 Å². The molecule has 0 atom stereocenters. The lowest BCUT2D eigenvalue weighted by molar-refractivity contribution is -0.130. The van der Waals surface area contributed by atoms with Gasteiger partial charge in [-0.25, -0.2) is 0 Å². The van der Waals surface area contributed by atoms with Gasteiger partial charge in [-0.05, 0) is 30.5 Å². The lowest BCUT2D eigenvalue weighted by Gasteiger charge is -2.27. The molecule has 0 radical (unpaired) electrons. The van der Waals surface area contributed by atoms with Gasteiger partial charge in [0.05, 0.1) is 5.69 Å². The van der Waals surface area contributed by atoms with E-state index in [1.807, 2.05) is 62.4 Å². The summed E-state index contributed by atoms with van der Waals surface area (Å²) >= 11 is 0. The van der Waals surface area contributed by atoms with Crippen LogP contribution in [0.5, 0.6) is 0 Å². The van der Waals surface area contributed by atoms with E-state index in [2.05, 4.69) is 0 Å². The molecule has 0 spiro atoms. The molecule has 0 saturated carbocycles. The fourth-order valence-electron chi connectivity index (χ4n) is 2.78. The Kier molecular flexibility index (Phi) is 5.74. The lowest BCUT2D eigenvalue weighted by Crippen LogP contribution is -2.41. The van der Waals surface area contributed by atoms with Crippen LogP contribution in [0, 0.1) is 13.8 Å². The van der Waals surface area contributed by atoms with Crippen LogP contribution in [0.25, 0.3) is 0 Å². The molecule has 0 aliphatic rings. The molecule has 4 heteroatoms. The van der Waals surface area contributed by atoms with E-state index in [1.165, 1.54) is 6.92 Å². The average Bonchev–Trinajstić information content (AvgIpc) is 2.54. The monoisotopic (exact) mass is 324 g/mol. The quantitative estimate of drug-likeness (QED) is 0.846. The second-order valence-electron chi connectivity index (χ2n) is 6.08. The Labute approximate surface area is 143 Å². The van der Waals surface area contributed by atoms with Crippen molar-refractivity contribution < 1.29 is 9.59 Å². The van der Waals surface area contributed by atoms with Crippen molar-refractivity contribution in [2.75, 3.05) is 18.5 Å². The maximum absolute atomic E-state index is 12.6. The largest absolute Gasteiger partial charge is 0.340 e. The summed E-state index contributed by atoms with van der Waals surface area (Å²) in [5.41, 5.74) is 3.87. The zero-order chi connectivity index (χ0) is 17.7. The molecule has 0 aliphatic heterocycles. The van der Waals surface area contributed by atoms with E-state index in [0.29, 0.717) is 6.54 Å². The number of rotatable bonds is 5. The number of para-hydroxylation sites is 1. The van der Waals surface area contributed by atoms with Crippen LogP contribution >= 0.6 is 0 Å². The number of benzene rings is 2. The summed E-state index contributed by atoms with van der Waals surface area (Å²) in [4.78, 5) is 27.9. The minimum Gasteiger partial charge on any atom is -0.340 e. The Morgan fingerprint density at radius 2 is 1.50 bits per heavy atom. The summed E-state index contributed by atoms with van der Waals surface area (Å²) in [7, 11) is 1.76. The van der Waals surface area contributed by atoms with Crippen molar-refractivity contribution in [1.29, 1.82) is 0 Å². The highest BCUT2D eigenvalue weighted by molar-refractivity contribution is 5.98. The van der Waals surface area contributed by atoms with E-state index in [-0.39, 0.29) is 18.4 Å². The van der Waals surface area contributed by atoms with Crippen LogP contribution in [0.2, 0.25) is 0 Å². The molecule has 0 heterocycles. The standard InChI is InChI=1S/C20H24N2O2/c1-15-9-8-10-16(2)20(15)22(17(3)23)14-19(24)21(4)13-18-11-6-5-7-12-18/h5-12H,13-14H2,1-4H3. The molecule has 24 heavy (non-hydrogen) atoms. The fraction of sp³-hybridized carbons (Fsp3) is 0.300. The number of likely N-dealkylation sites (N-methyl/N-ethyl adjacent to an activating group) is 1. The molecule has 4 nitrogen and oxygen atoms in total. The molecule has 0 bridgehead atoms. The van der Waals surface area contributed by atoms with Crippen molar-refractivity contribution in [3.05, 3.63) is 65.2 Å². The minimum absolute atomic E-state index is 0.0460. The average molecular weight is 324 g/mol. The zero-order valence-electron chi connectivity index (χ0n) is 14.7. The van der Waals surface area contributed by atoms with Crippen LogP contribution in [-0.2, 0) is 16.1 Å². The van der Waals surface area contributed by atoms with Gasteiger partial charge in [0.2, 0.25) is 11.8 Å². The van der Waals surface area contributed by atoms with Crippen molar-refractivity contribution in [3.8, 4) is 0 Å². The predicted octanol–water partition coefficient (Wildman–Crippen LogP) is 3.31. The van der Waals surface area contributed by atoms with E-state index >= 15 is 0 Å². The maximum Gasteiger partial charge on any atom is 0.242 e. The Morgan fingerprint density at radius 1 is 0.917 bits per heavy atom. The summed E-state index contributed by atoms with van der Waals surface area (Å²) in [6.45, 7) is 5.98. The second kappa shape index (κ2) is 7.77. The third-order valence-electron chi connectivity index (χ3n) is 4.07. The Balaban J connectivity index is 2.16. The van der Waals surface area contributed by atoms with Gasteiger partial charge in [-0.2, -0.15) is 0 Å². The fourth-order valence-corrected chi connectivity index (χ4v) is 2.78. The van der Waals surface area contributed by atoms with Crippen LogP contribution in [0.15, 0.2) is 48.5 Å². The highest BCUT2D eigenvalue weighted by Crippen LogP contribution is 2.24. The van der Waals surface area contributed by atoms with Gasteiger partial charge in [0.1, 0.15) is 6.54 Å². The molecule has 126 valence electrons. The molecule has 2 rings (SSSR count). The first-order chi connectivity index (χ1) is 11.4. The van der Waals surface area contributed by atoms with Gasteiger partial charge in [0, 0.05) is 20.5 Å². The molecule has 2 aromatic carbocycles. The Morgan fingerprint density at radius 3 is 2.04 bits per heavy atom. The van der Waals surface area contributed by atoms with Gasteiger partial charge >= 0.3 is 0 Å². The number of amides is 2. The van der Waals surface area contributed by atoms with E-state index in [4.69, 9.17) is 0 Å². The lowest BCUT2D eigenvalue weighted by atomic mass is 10.1. The van der Waals surface area contributed by atoms with Crippen LogP contribution in [0.3, 0.4) is 0 Å². The van der Waals surface area contributed by atoms with Crippen LogP contribution in [0.4, 0.5) is 5.69 Å². The number of anilines is 1. The van der Waals surface area contributed by atoms with Crippen molar-refractivity contribution in [2.45, 2.75) is 27.3 Å². The molecule has 0 saturated heterocycles. The smallest absolute Gasteiger partial charge is 0.242 e. The topological polar surface area (TPSA) is 40.6 Å². The van der Waals surface area contributed by atoms with Crippen molar-refractivity contribution in [2.24, 2.45) is 0 Å². The van der Waals surface area contributed by atoms with Gasteiger partial charge in [0.25, 0.3) is 0 Å². The first kappa shape index (κ1) is 17.7. The first-order valence-corrected chi connectivity index (χ1v) is 8.02. The van der Waals surface area contributed by atoms with Gasteiger partial charge in [0.15, 0.2) is 0 Å². The summed E-state index contributed by atoms with van der Waals surface area (Å²) in [6.07, 6.45) is 0. The number of carbonyl (C=O) groups is 2. The summed E-state index contributed by atoms with van der Waals surface area (Å²) in [5, 5.41) is 0. The molecule has 0 N–H and O–H groups in total. The number of hydrogen-bond donors (Lipinski definition) is 0. The molecular formula is C20H24N2O2. The highest BCUT2D eigenvalue weighted by Gasteiger charge is 2.21. The van der Waals surface area contributed by atoms with Gasteiger partial charge in [-0.15, -0.1) is 0 Å². The van der Waals surface area contributed by atoms with Crippen LogP contribution in [0.1, 0.15) is 23.6 Å². The first-order valence-electron chi connectivity index (χ1n) is 8.02. The number of carbonyl (C=O) groups excluding carboxylic acids is 2. The molecule has 2 aromatic rings. The zero-order valence-corrected chi connectivity index (χ0v) is 14.7. The normalized spacial score (nSPS) is 10.3. The number of nitrogens with zero attached hydrogens (tertiary/aromatic N) is 2. The van der Waals surface area contributed by atoms with Gasteiger partial charge in [-0.3, -0.25) is 9.59 Å². The molecule has 0 aliphatic carbocycles. The Bertz CT molecular complexity index is 705. The van der Waals surface area contributed by atoms with E-state index < -0.39 is 0 Å². The van der Waals surface area contributed by atoms with Crippen molar-refractivity contribution in [3.63, 3.8) is 0 Å². The van der Waals surface area contributed by atoms with Crippen molar-refractivity contribution >= 4 is 17.5 Å². The van der Waals surface area contributed by atoms with Crippen LogP contribution < -0.4 is 4.90 Å². The molecule has 0 fully saturated rings. The van der Waals surface area contributed by atoms with Gasteiger partial charge in [-0.1, -0.05) is 48.5 Å². The Hall–Kier alpha value is -2.62. The van der Waals surface area contributed by atoms with Gasteiger partial charge < -0.3 is 9.80 Å².